The summed E-state index contributed by atoms with van der Waals surface area (Å²) in [6.07, 6.45) is 1.69. The normalized spacial score (nSPS) is 10.7. The van der Waals surface area contributed by atoms with E-state index in [0.717, 1.165) is 11.4 Å². The summed E-state index contributed by atoms with van der Waals surface area (Å²) in [7, 11) is 0. The molecule has 0 saturated carbocycles. The number of carbonyl (C=O) groups excluding carboxylic acids is 1. The predicted molar refractivity (Wildman–Crippen MR) is 105 cm³/mol. The number of aromatic nitrogens is 2. The zero-order valence-electron chi connectivity index (χ0n) is 14.5. The third-order valence-electron chi connectivity index (χ3n) is 4.08. The lowest BCUT2D eigenvalue weighted by Crippen LogP contribution is -2.12. The second kappa shape index (κ2) is 7.13. The lowest BCUT2D eigenvalue weighted by Gasteiger charge is -2.06. The van der Waals surface area contributed by atoms with Gasteiger partial charge in [0.1, 0.15) is 11.5 Å². The molecular weight excluding hydrogens is 362 g/mol. The van der Waals surface area contributed by atoms with Crippen molar-refractivity contribution in [3.63, 3.8) is 0 Å². The van der Waals surface area contributed by atoms with Gasteiger partial charge in [-0.1, -0.05) is 41.9 Å². The zero-order chi connectivity index (χ0) is 18.8. The summed E-state index contributed by atoms with van der Waals surface area (Å²) in [5.74, 6) is 0.970. The Morgan fingerprint density at radius 3 is 2.48 bits per heavy atom. The van der Waals surface area contributed by atoms with Crippen LogP contribution in [0, 0.1) is 6.92 Å². The highest BCUT2D eigenvalue weighted by molar-refractivity contribution is 6.34. The molecule has 27 heavy (non-hydrogen) atoms. The maximum Gasteiger partial charge on any atom is 0.259 e. The van der Waals surface area contributed by atoms with Crippen molar-refractivity contribution in [1.29, 1.82) is 0 Å². The molecule has 0 atom stereocenters. The SMILES string of the molecule is Cc1ccc(-c2nn(-c3ccccc3)cc2C(=O)Nc2ccccc2Cl)o1. The van der Waals surface area contributed by atoms with E-state index in [1.807, 2.05) is 55.5 Å². The number of furan rings is 1. The fourth-order valence-electron chi connectivity index (χ4n) is 2.75. The van der Waals surface area contributed by atoms with Crippen LogP contribution < -0.4 is 5.32 Å². The highest BCUT2D eigenvalue weighted by atomic mass is 35.5. The first kappa shape index (κ1) is 17.1. The van der Waals surface area contributed by atoms with Gasteiger partial charge in [0.25, 0.3) is 5.91 Å². The summed E-state index contributed by atoms with van der Waals surface area (Å²) in [5, 5.41) is 7.89. The van der Waals surface area contributed by atoms with Crippen LogP contribution in [-0.4, -0.2) is 15.7 Å². The van der Waals surface area contributed by atoms with Crippen LogP contribution in [0.5, 0.6) is 0 Å². The molecule has 0 fully saturated rings. The first-order valence-electron chi connectivity index (χ1n) is 8.39. The van der Waals surface area contributed by atoms with Gasteiger partial charge in [0.2, 0.25) is 0 Å². The van der Waals surface area contributed by atoms with Crippen LogP contribution in [0.15, 0.2) is 77.3 Å². The van der Waals surface area contributed by atoms with E-state index in [1.54, 1.807) is 29.1 Å². The van der Waals surface area contributed by atoms with Crippen molar-refractivity contribution in [2.75, 3.05) is 5.32 Å². The van der Waals surface area contributed by atoms with Crippen LogP contribution in [0.1, 0.15) is 16.1 Å². The second-order valence-electron chi connectivity index (χ2n) is 6.02. The third-order valence-corrected chi connectivity index (χ3v) is 4.40. The highest BCUT2D eigenvalue weighted by Gasteiger charge is 2.21. The van der Waals surface area contributed by atoms with E-state index in [0.29, 0.717) is 27.7 Å². The number of hydrogen-bond donors (Lipinski definition) is 1. The quantitative estimate of drug-likeness (QED) is 0.521. The number of hydrogen-bond acceptors (Lipinski definition) is 3. The Labute approximate surface area is 161 Å². The van der Waals surface area contributed by atoms with Crippen LogP contribution in [0.25, 0.3) is 17.1 Å². The van der Waals surface area contributed by atoms with Gasteiger partial charge in [-0.25, -0.2) is 4.68 Å². The molecule has 0 aliphatic heterocycles. The van der Waals surface area contributed by atoms with Crippen molar-refractivity contribution in [2.24, 2.45) is 0 Å². The van der Waals surface area contributed by atoms with Crippen molar-refractivity contribution >= 4 is 23.2 Å². The molecule has 0 aliphatic rings. The largest absolute Gasteiger partial charge is 0.460 e. The molecule has 4 rings (SSSR count). The molecule has 5 nitrogen and oxygen atoms in total. The number of para-hydroxylation sites is 2. The number of aryl methyl sites for hydroxylation is 1. The Kier molecular flexibility index (Phi) is 4.52. The number of nitrogens with one attached hydrogen (secondary N) is 1. The van der Waals surface area contributed by atoms with Crippen LogP contribution >= 0.6 is 11.6 Å². The molecule has 2 aromatic heterocycles. The van der Waals surface area contributed by atoms with Gasteiger partial charge in [0, 0.05) is 6.20 Å². The molecule has 0 bridgehead atoms. The Morgan fingerprint density at radius 2 is 1.78 bits per heavy atom. The molecule has 4 aromatic rings. The van der Waals surface area contributed by atoms with Gasteiger partial charge < -0.3 is 9.73 Å². The molecule has 0 saturated heterocycles. The minimum Gasteiger partial charge on any atom is -0.460 e. The van der Waals surface area contributed by atoms with Gasteiger partial charge in [0.05, 0.1) is 22.0 Å². The van der Waals surface area contributed by atoms with E-state index < -0.39 is 0 Å². The van der Waals surface area contributed by atoms with Crippen molar-refractivity contribution in [3.05, 3.63) is 89.3 Å². The molecule has 2 heterocycles. The molecule has 1 amide bonds. The summed E-state index contributed by atoms with van der Waals surface area (Å²) >= 11 is 6.16. The molecule has 2 aromatic carbocycles. The fourth-order valence-corrected chi connectivity index (χ4v) is 2.93. The Balaban J connectivity index is 1.77. The maximum atomic E-state index is 12.9. The average molecular weight is 378 g/mol. The van der Waals surface area contributed by atoms with Gasteiger partial charge in [-0.3, -0.25) is 4.79 Å². The number of carbonyl (C=O) groups is 1. The van der Waals surface area contributed by atoms with Crippen molar-refractivity contribution in [2.45, 2.75) is 6.92 Å². The lowest BCUT2D eigenvalue weighted by atomic mass is 10.2. The zero-order valence-corrected chi connectivity index (χ0v) is 15.3. The van der Waals surface area contributed by atoms with Gasteiger partial charge in [-0.15, -0.1) is 0 Å². The minimum absolute atomic E-state index is 0.311. The Bertz CT molecular complexity index is 1100. The third kappa shape index (κ3) is 3.50. The van der Waals surface area contributed by atoms with Gasteiger partial charge in [-0.2, -0.15) is 5.10 Å². The smallest absolute Gasteiger partial charge is 0.259 e. The van der Waals surface area contributed by atoms with E-state index in [2.05, 4.69) is 10.4 Å². The van der Waals surface area contributed by atoms with E-state index in [9.17, 15) is 4.79 Å². The average Bonchev–Trinajstić information content (AvgIpc) is 3.31. The van der Waals surface area contributed by atoms with Gasteiger partial charge >= 0.3 is 0 Å². The predicted octanol–water partition coefficient (Wildman–Crippen LogP) is 5.35. The summed E-state index contributed by atoms with van der Waals surface area (Å²) in [4.78, 5) is 12.9. The molecule has 134 valence electrons. The molecule has 6 heteroatoms. The Hall–Kier alpha value is -3.31. The molecule has 0 spiro atoms. The number of rotatable bonds is 4. The van der Waals surface area contributed by atoms with E-state index >= 15 is 0 Å². The maximum absolute atomic E-state index is 12.9. The first-order chi connectivity index (χ1) is 13.1. The van der Waals surface area contributed by atoms with E-state index in [1.165, 1.54) is 0 Å². The number of nitrogens with zero attached hydrogens (tertiary/aromatic N) is 2. The summed E-state index contributed by atoms with van der Waals surface area (Å²) in [6, 6.07) is 20.3. The second-order valence-corrected chi connectivity index (χ2v) is 6.42. The minimum atomic E-state index is -0.311. The lowest BCUT2D eigenvalue weighted by molar-refractivity contribution is 0.102. The van der Waals surface area contributed by atoms with Gasteiger partial charge in [-0.05, 0) is 43.3 Å². The fraction of sp³-hybridized carbons (Fsp3) is 0.0476. The number of halogens is 1. The summed E-state index contributed by atoms with van der Waals surface area (Å²) in [5.41, 5.74) is 2.25. The topological polar surface area (TPSA) is 60.1 Å². The highest BCUT2D eigenvalue weighted by Crippen LogP contribution is 2.27. The van der Waals surface area contributed by atoms with E-state index in [4.69, 9.17) is 16.0 Å². The first-order valence-corrected chi connectivity index (χ1v) is 8.77. The van der Waals surface area contributed by atoms with Gasteiger partial charge in [0.15, 0.2) is 5.76 Å². The van der Waals surface area contributed by atoms with Crippen LogP contribution in [0.3, 0.4) is 0 Å². The Morgan fingerprint density at radius 1 is 1.04 bits per heavy atom. The number of anilines is 1. The summed E-state index contributed by atoms with van der Waals surface area (Å²) < 4.78 is 7.36. The number of benzene rings is 2. The van der Waals surface area contributed by atoms with Crippen LogP contribution in [-0.2, 0) is 0 Å². The van der Waals surface area contributed by atoms with Crippen molar-refractivity contribution in [1.82, 2.24) is 9.78 Å². The number of amides is 1. The molecule has 0 radical (unpaired) electrons. The molecule has 1 N–H and O–H groups in total. The van der Waals surface area contributed by atoms with Crippen LogP contribution in [0.2, 0.25) is 5.02 Å². The van der Waals surface area contributed by atoms with Crippen molar-refractivity contribution < 1.29 is 9.21 Å². The van der Waals surface area contributed by atoms with Crippen molar-refractivity contribution in [3.8, 4) is 17.1 Å². The van der Waals surface area contributed by atoms with Crippen LogP contribution in [0.4, 0.5) is 5.69 Å². The van der Waals surface area contributed by atoms with E-state index in [-0.39, 0.29) is 5.91 Å². The monoisotopic (exact) mass is 377 g/mol. The molecular formula is C21H16ClN3O2. The molecule has 0 aliphatic carbocycles. The summed E-state index contributed by atoms with van der Waals surface area (Å²) in [6.45, 7) is 1.85. The standard InChI is InChI=1S/C21H16ClN3O2/c1-14-11-12-19(27-14)20-16(13-25(24-20)15-7-3-2-4-8-15)21(26)23-18-10-6-5-9-17(18)22/h2-13H,1H3,(H,23,26). The molecule has 0 unspecified atom stereocenters.